The van der Waals surface area contributed by atoms with E-state index in [1.165, 1.54) is 0 Å². The van der Waals surface area contributed by atoms with Gasteiger partial charge in [0.25, 0.3) is 5.91 Å². The highest BCUT2D eigenvalue weighted by molar-refractivity contribution is 5.93. The Hall–Kier alpha value is -1.32. The molecular formula is C12H19N3O. The van der Waals surface area contributed by atoms with Gasteiger partial charge in [-0.2, -0.15) is 5.10 Å². The van der Waals surface area contributed by atoms with E-state index in [9.17, 15) is 4.79 Å². The summed E-state index contributed by atoms with van der Waals surface area (Å²) in [6, 6.07) is 0. The van der Waals surface area contributed by atoms with Crippen LogP contribution in [0.4, 0.5) is 0 Å². The van der Waals surface area contributed by atoms with Gasteiger partial charge >= 0.3 is 0 Å². The van der Waals surface area contributed by atoms with Crippen molar-refractivity contribution >= 4 is 5.91 Å². The molecule has 0 spiro atoms. The Morgan fingerprint density at radius 3 is 2.56 bits per heavy atom. The van der Waals surface area contributed by atoms with Crippen molar-refractivity contribution in [2.24, 2.45) is 5.41 Å². The molecule has 1 aromatic heterocycles. The highest BCUT2D eigenvalue weighted by Gasteiger charge is 2.29. The molecule has 1 aliphatic rings. The van der Waals surface area contributed by atoms with Gasteiger partial charge in [-0.1, -0.05) is 13.8 Å². The van der Waals surface area contributed by atoms with Crippen molar-refractivity contribution in [3.05, 3.63) is 17.5 Å². The van der Waals surface area contributed by atoms with Gasteiger partial charge in [0, 0.05) is 13.1 Å². The minimum Gasteiger partial charge on any atom is -0.337 e. The zero-order valence-corrected chi connectivity index (χ0v) is 10.2. The average Bonchev–Trinajstić information content (AvgIpc) is 2.63. The third kappa shape index (κ3) is 2.10. The first-order valence-corrected chi connectivity index (χ1v) is 5.79. The molecule has 0 bridgehead atoms. The fourth-order valence-corrected chi connectivity index (χ4v) is 2.04. The number of hydrogen-bond donors (Lipinski definition) is 1. The fraction of sp³-hybridized carbons (Fsp3) is 0.667. The number of rotatable bonds is 1. The molecule has 0 atom stereocenters. The first-order valence-electron chi connectivity index (χ1n) is 5.79. The molecule has 88 valence electrons. The molecule has 16 heavy (non-hydrogen) atoms. The normalized spacial score (nSPS) is 19.8. The smallest absolute Gasteiger partial charge is 0.272 e. The van der Waals surface area contributed by atoms with E-state index in [2.05, 4.69) is 24.0 Å². The average molecular weight is 221 g/mol. The van der Waals surface area contributed by atoms with Crippen LogP contribution in [0.5, 0.6) is 0 Å². The first kappa shape index (κ1) is 11.2. The highest BCUT2D eigenvalue weighted by atomic mass is 16.2. The Morgan fingerprint density at radius 1 is 1.44 bits per heavy atom. The summed E-state index contributed by atoms with van der Waals surface area (Å²) in [6.45, 7) is 8.13. The summed E-state index contributed by atoms with van der Waals surface area (Å²) >= 11 is 0. The number of piperidine rings is 1. The molecule has 2 heterocycles. The van der Waals surface area contributed by atoms with Crippen LogP contribution in [0.25, 0.3) is 0 Å². The largest absolute Gasteiger partial charge is 0.337 e. The number of nitrogens with zero attached hydrogens (tertiary/aromatic N) is 2. The van der Waals surface area contributed by atoms with Crippen molar-refractivity contribution in [1.29, 1.82) is 0 Å². The van der Waals surface area contributed by atoms with Gasteiger partial charge in [0.05, 0.1) is 6.20 Å². The lowest BCUT2D eigenvalue weighted by molar-refractivity contribution is 0.0623. The molecule has 0 aliphatic carbocycles. The van der Waals surface area contributed by atoms with Crippen LogP contribution in [0.2, 0.25) is 0 Å². The molecule has 1 fully saturated rings. The van der Waals surface area contributed by atoms with Gasteiger partial charge in [-0.15, -0.1) is 0 Å². The lowest BCUT2D eigenvalue weighted by atomic mass is 9.82. The number of carbonyl (C=O) groups is 1. The second-order valence-electron chi connectivity index (χ2n) is 5.38. The van der Waals surface area contributed by atoms with Gasteiger partial charge in [0.1, 0.15) is 5.69 Å². The molecule has 1 saturated heterocycles. The summed E-state index contributed by atoms with van der Waals surface area (Å²) in [5.74, 6) is 0.0884. The Balaban J connectivity index is 2.05. The number of amides is 1. The molecule has 1 aromatic rings. The van der Waals surface area contributed by atoms with E-state index in [1.807, 2.05) is 11.8 Å². The van der Waals surface area contributed by atoms with Gasteiger partial charge in [-0.05, 0) is 30.7 Å². The summed E-state index contributed by atoms with van der Waals surface area (Å²) in [7, 11) is 0. The van der Waals surface area contributed by atoms with Crippen LogP contribution in [0.15, 0.2) is 6.20 Å². The van der Waals surface area contributed by atoms with Crippen molar-refractivity contribution in [2.45, 2.75) is 33.6 Å². The SMILES string of the molecule is Cc1cn[nH]c1C(=O)N1CCC(C)(C)CC1. The van der Waals surface area contributed by atoms with E-state index >= 15 is 0 Å². The van der Waals surface area contributed by atoms with Crippen molar-refractivity contribution in [3.8, 4) is 0 Å². The summed E-state index contributed by atoms with van der Waals surface area (Å²) < 4.78 is 0. The number of aryl methyl sites for hydroxylation is 1. The van der Waals surface area contributed by atoms with E-state index < -0.39 is 0 Å². The summed E-state index contributed by atoms with van der Waals surface area (Å²) in [6.07, 6.45) is 3.85. The van der Waals surface area contributed by atoms with Crippen molar-refractivity contribution in [1.82, 2.24) is 15.1 Å². The second-order valence-corrected chi connectivity index (χ2v) is 5.38. The Bertz CT molecular complexity index is 385. The molecule has 1 aliphatic heterocycles. The molecule has 0 radical (unpaired) electrons. The van der Waals surface area contributed by atoms with Gasteiger partial charge < -0.3 is 4.90 Å². The van der Waals surface area contributed by atoms with E-state index in [-0.39, 0.29) is 5.91 Å². The van der Waals surface area contributed by atoms with Crippen molar-refractivity contribution in [3.63, 3.8) is 0 Å². The Labute approximate surface area is 96.0 Å². The van der Waals surface area contributed by atoms with Crippen LogP contribution in [-0.4, -0.2) is 34.1 Å². The summed E-state index contributed by atoms with van der Waals surface area (Å²) in [5, 5.41) is 6.68. The number of carbonyl (C=O) groups excluding carboxylic acids is 1. The molecule has 4 heteroatoms. The number of likely N-dealkylation sites (tertiary alicyclic amines) is 1. The maximum Gasteiger partial charge on any atom is 0.272 e. The highest BCUT2D eigenvalue weighted by Crippen LogP contribution is 2.30. The zero-order valence-electron chi connectivity index (χ0n) is 10.2. The van der Waals surface area contributed by atoms with Gasteiger partial charge in [-0.25, -0.2) is 0 Å². The lowest BCUT2D eigenvalue weighted by Crippen LogP contribution is -2.41. The molecule has 1 amide bonds. The van der Waals surface area contributed by atoms with Gasteiger partial charge in [-0.3, -0.25) is 9.89 Å². The summed E-state index contributed by atoms with van der Waals surface area (Å²) in [4.78, 5) is 14.1. The Morgan fingerprint density at radius 2 is 2.06 bits per heavy atom. The standard InChI is InChI=1S/C12H19N3O/c1-9-8-13-14-10(9)11(16)15-6-4-12(2,3)5-7-15/h8H,4-7H2,1-3H3,(H,13,14). The minimum atomic E-state index is 0.0884. The molecule has 2 rings (SSSR count). The topological polar surface area (TPSA) is 49.0 Å². The maximum absolute atomic E-state index is 12.1. The fourth-order valence-electron chi connectivity index (χ4n) is 2.04. The monoisotopic (exact) mass is 221 g/mol. The van der Waals surface area contributed by atoms with E-state index in [4.69, 9.17) is 0 Å². The van der Waals surface area contributed by atoms with Crippen LogP contribution in [0.3, 0.4) is 0 Å². The quantitative estimate of drug-likeness (QED) is 0.788. The number of aromatic amines is 1. The first-order chi connectivity index (χ1) is 7.49. The number of aromatic nitrogens is 2. The predicted molar refractivity (Wildman–Crippen MR) is 62.2 cm³/mol. The van der Waals surface area contributed by atoms with Gasteiger partial charge in [0.15, 0.2) is 0 Å². The number of H-pyrrole nitrogens is 1. The van der Waals surface area contributed by atoms with E-state index in [1.54, 1.807) is 6.20 Å². The van der Waals surface area contributed by atoms with Crippen LogP contribution >= 0.6 is 0 Å². The van der Waals surface area contributed by atoms with Crippen LogP contribution in [0, 0.1) is 12.3 Å². The van der Waals surface area contributed by atoms with Crippen LogP contribution in [0.1, 0.15) is 42.7 Å². The molecule has 4 nitrogen and oxygen atoms in total. The third-order valence-corrected chi connectivity index (χ3v) is 3.45. The van der Waals surface area contributed by atoms with Gasteiger partial charge in [0.2, 0.25) is 0 Å². The van der Waals surface area contributed by atoms with Crippen LogP contribution < -0.4 is 0 Å². The van der Waals surface area contributed by atoms with Crippen molar-refractivity contribution < 1.29 is 4.79 Å². The molecule has 1 N–H and O–H groups in total. The lowest BCUT2D eigenvalue weighted by Gasteiger charge is -2.36. The molecule has 0 aromatic carbocycles. The summed E-state index contributed by atoms with van der Waals surface area (Å²) in [5.41, 5.74) is 1.94. The molecule has 0 unspecified atom stereocenters. The predicted octanol–water partition coefficient (Wildman–Crippen LogP) is 1.98. The van der Waals surface area contributed by atoms with E-state index in [0.717, 1.165) is 31.5 Å². The van der Waals surface area contributed by atoms with Crippen LogP contribution in [-0.2, 0) is 0 Å². The van der Waals surface area contributed by atoms with E-state index in [0.29, 0.717) is 11.1 Å². The number of hydrogen-bond acceptors (Lipinski definition) is 2. The van der Waals surface area contributed by atoms with Crippen molar-refractivity contribution in [2.75, 3.05) is 13.1 Å². The maximum atomic E-state index is 12.1. The molecule has 0 saturated carbocycles. The third-order valence-electron chi connectivity index (χ3n) is 3.45. The Kier molecular flexibility index (Phi) is 2.74. The minimum absolute atomic E-state index is 0.0884. The zero-order chi connectivity index (χ0) is 11.8. The molecular weight excluding hydrogens is 202 g/mol. The second kappa shape index (κ2) is 3.92. The number of nitrogens with one attached hydrogen (secondary N) is 1.